The van der Waals surface area contributed by atoms with Gasteiger partial charge in [0.05, 0.1) is 0 Å². The van der Waals surface area contributed by atoms with E-state index in [1.807, 2.05) is 97.1 Å². The predicted molar refractivity (Wildman–Crippen MR) is 387 cm³/mol. The smallest absolute Gasteiger partial charge is 0.537 e. The highest BCUT2D eigenvalue weighted by molar-refractivity contribution is 9.10. The van der Waals surface area contributed by atoms with E-state index in [4.69, 9.17) is 31.8 Å². The summed E-state index contributed by atoms with van der Waals surface area (Å²) in [6.07, 6.45) is 0. The van der Waals surface area contributed by atoms with Crippen LogP contribution in [0.15, 0.2) is 304 Å². The molecule has 5 aromatic heterocycles. The van der Waals surface area contributed by atoms with E-state index in [1.165, 1.54) is 11.1 Å². The molecule has 0 unspecified atom stereocenters. The van der Waals surface area contributed by atoms with Gasteiger partial charge in [0.1, 0.15) is 61.6 Å². The second-order valence-electron chi connectivity index (χ2n) is 21.7. The Balaban J connectivity index is 0.000000155. The van der Waals surface area contributed by atoms with E-state index < -0.39 is 0 Å². The van der Waals surface area contributed by atoms with E-state index in [0.717, 1.165) is 163 Å². The first kappa shape index (κ1) is 59.6. The number of rotatable bonds is 7. The van der Waals surface area contributed by atoms with Gasteiger partial charge in [0.2, 0.25) is 0 Å². The monoisotopic (exact) mass is 1310 g/mol. The topological polar surface area (TPSA) is 95.2 Å². The summed E-state index contributed by atoms with van der Waals surface area (Å²) in [7, 11) is 0.686. The van der Waals surface area contributed by atoms with E-state index in [1.54, 1.807) is 6.07 Å². The Bertz CT molecular complexity index is 5460. The molecule has 0 atom stereocenters. The number of fused-ring (bicyclic) bond motifs is 15. The lowest BCUT2D eigenvalue weighted by molar-refractivity contribution is 0.454. The van der Waals surface area contributed by atoms with Crippen molar-refractivity contribution in [2.24, 2.45) is 0 Å². The number of para-hydroxylation sites is 3. The lowest BCUT2D eigenvalue weighted by Crippen LogP contribution is -1.99. The Kier molecular flexibility index (Phi) is 16.3. The molecule has 0 saturated carbocycles. The molecule has 441 valence electrons. The van der Waals surface area contributed by atoms with Crippen LogP contribution in [0.3, 0.4) is 0 Å². The molecule has 0 amide bonds. The van der Waals surface area contributed by atoms with E-state index in [0.29, 0.717) is 13.4 Å². The summed E-state index contributed by atoms with van der Waals surface area (Å²) in [6.45, 7) is 0. The second kappa shape index (κ2) is 24.9. The van der Waals surface area contributed by atoms with Crippen LogP contribution in [0.1, 0.15) is 22.3 Å². The fourth-order valence-electron chi connectivity index (χ4n) is 12.1. The maximum Gasteiger partial charge on any atom is 0.569 e. The molecule has 0 spiro atoms. The molecule has 0 aliphatic carbocycles. The zero-order chi connectivity index (χ0) is 58.8. The van der Waals surface area contributed by atoms with Crippen LogP contribution < -0.4 is 4.65 Å². The van der Waals surface area contributed by atoms with Crippen molar-refractivity contribution in [2.45, 2.75) is 22.3 Å². The van der Waals surface area contributed by atoms with Crippen LogP contribution in [-0.2, 0) is 0 Å². The third-order valence-electron chi connectivity index (χ3n) is 16.4. The van der Waals surface area contributed by atoms with Gasteiger partial charge in [-0.05, 0) is 195 Å². The van der Waals surface area contributed by atoms with Gasteiger partial charge in [-0.2, -0.15) is 0 Å². The largest absolute Gasteiger partial charge is 0.569 e. The fraction of sp³-hybridized carbons (Fsp3) is 0.0370. The molecule has 7 nitrogen and oxygen atoms in total. The van der Waals surface area contributed by atoms with Crippen molar-refractivity contribution in [3.05, 3.63) is 282 Å². The van der Waals surface area contributed by atoms with Crippen LogP contribution in [0.2, 0.25) is 0 Å². The molecule has 0 fully saturated rings. The molecule has 18 rings (SSSR count). The minimum Gasteiger partial charge on any atom is -0.537 e. The van der Waals surface area contributed by atoms with Crippen LogP contribution in [0.5, 0.6) is 5.75 Å². The number of hydrogen-bond acceptors (Lipinski definition) is 7. The number of benzene rings is 13. The van der Waals surface area contributed by atoms with E-state index in [2.05, 4.69) is 202 Å². The highest BCUT2D eigenvalue weighted by Crippen LogP contribution is 2.41. The van der Waals surface area contributed by atoms with Gasteiger partial charge in [0.25, 0.3) is 0 Å². The van der Waals surface area contributed by atoms with Crippen molar-refractivity contribution in [2.75, 3.05) is 0 Å². The van der Waals surface area contributed by atoms with E-state index in [-0.39, 0.29) is 22.3 Å². The van der Waals surface area contributed by atoms with Gasteiger partial charge in [-0.15, -0.1) is 0 Å². The third-order valence-corrected chi connectivity index (χ3v) is 17.4. The van der Waals surface area contributed by atoms with Crippen molar-refractivity contribution in [3.8, 4) is 61.4 Å². The quantitative estimate of drug-likeness (QED) is 0.159. The highest BCUT2D eigenvalue weighted by Gasteiger charge is 2.16. The summed E-state index contributed by atoms with van der Waals surface area (Å²) in [6, 6.07) is 93.7. The molecular formula is C81H58BBr2O7. The Morgan fingerprint density at radius 2 is 0.473 bits per heavy atom. The first-order valence-electron chi connectivity index (χ1n) is 28.7. The first-order chi connectivity index (χ1) is 43.3. The predicted octanol–water partition coefficient (Wildman–Crippen LogP) is 25.2. The molecule has 1 N–H and O–H groups in total. The van der Waals surface area contributed by atoms with Gasteiger partial charge < -0.3 is 31.8 Å². The van der Waals surface area contributed by atoms with Gasteiger partial charge in [0, 0.05) is 62.8 Å². The van der Waals surface area contributed by atoms with Crippen molar-refractivity contribution >= 4 is 149 Å². The van der Waals surface area contributed by atoms with Crippen molar-refractivity contribution in [3.63, 3.8) is 0 Å². The normalized spacial score (nSPS) is 11.2. The molecule has 13 aromatic carbocycles. The van der Waals surface area contributed by atoms with Gasteiger partial charge in [-0.25, -0.2) is 0 Å². The average molecular weight is 1310 g/mol. The summed E-state index contributed by atoms with van der Waals surface area (Å²) < 4.78 is 37.2. The van der Waals surface area contributed by atoms with Gasteiger partial charge in [0.15, 0.2) is 0 Å². The van der Waals surface area contributed by atoms with Crippen LogP contribution in [-0.4, -0.2) is 12.7 Å². The standard InChI is InChI=1S/C48H28O3.C18H12BO3.C12H6Br2O.3CH4/c1-3-13-43-37(11-1)39-25-33(15-19-45(39)49-43)29-7-5-9-31(23-29)35-17-21-47-41(27-35)42-28-36(18-22-48(42)51-47)32-10-6-8-30(24-32)34-16-20-46-40(26-34)38-12-2-4-14-44(38)50-46;20-19-22-14-5-3-4-12(10-14)13-8-9-18-16(11-13)15-6-1-2-7-17(15)21-18;13-7-1-3-11-9(5-7)10-6-8(14)2-4-12(10)15-11;;;/h1-28H;1-11,20H;1-6H;3*1H4. The number of hydrogen-bond donors (Lipinski definition) is 1. The van der Waals surface area contributed by atoms with Crippen LogP contribution in [0, 0.1) is 0 Å². The third kappa shape index (κ3) is 11.2. The van der Waals surface area contributed by atoms with Crippen LogP contribution in [0.25, 0.3) is 165 Å². The minimum absolute atomic E-state index is 0. The molecule has 0 aliphatic rings. The molecule has 10 heteroatoms. The zero-order valence-corrected chi connectivity index (χ0v) is 49.9. The molecule has 18 aromatic rings. The summed E-state index contributed by atoms with van der Waals surface area (Å²) in [5.74, 6) is 0.595. The fourth-order valence-corrected chi connectivity index (χ4v) is 12.9. The van der Waals surface area contributed by atoms with E-state index in [9.17, 15) is 0 Å². The van der Waals surface area contributed by atoms with Gasteiger partial charge >= 0.3 is 7.69 Å². The Hall–Kier alpha value is -10.4. The molecule has 0 aliphatic heterocycles. The second-order valence-corrected chi connectivity index (χ2v) is 23.6. The van der Waals surface area contributed by atoms with Gasteiger partial charge in [-0.1, -0.05) is 188 Å². The molecular weight excluding hydrogens is 1260 g/mol. The molecule has 1 radical (unpaired) electrons. The lowest BCUT2D eigenvalue weighted by Gasteiger charge is -2.08. The summed E-state index contributed by atoms with van der Waals surface area (Å²) in [5, 5.41) is 20.0. The van der Waals surface area contributed by atoms with Crippen molar-refractivity contribution in [1.82, 2.24) is 0 Å². The Morgan fingerprint density at radius 3 is 0.791 bits per heavy atom. The lowest BCUT2D eigenvalue weighted by atomic mass is 9.96. The SMILES string of the molecule is Brc1ccc2oc3ccc(Br)cc3c2c1.C.C.C.O[B]Oc1cccc(-c2ccc3oc4ccccc4c3c2)c1.c1cc(-c2ccc3oc4ccccc4c3c2)cc(-c2ccc3oc4ccc(-c5cccc(-c6ccc7oc8ccccc8c7c6)c5)cc4c3c2)c1. The van der Waals surface area contributed by atoms with Crippen molar-refractivity contribution in [1.29, 1.82) is 0 Å². The summed E-state index contributed by atoms with van der Waals surface area (Å²) >= 11 is 6.94. The maximum absolute atomic E-state index is 8.75. The maximum atomic E-state index is 8.75. The number of halogens is 2. The van der Waals surface area contributed by atoms with Crippen LogP contribution >= 0.6 is 31.9 Å². The van der Waals surface area contributed by atoms with Gasteiger partial charge in [-0.3, -0.25) is 0 Å². The average Bonchev–Trinajstić information content (AvgIpc) is 1.76. The Morgan fingerprint density at radius 1 is 0.231 bits per heavy atom. The summed E-state index contributed by atoms with van der Waals surface area (Å²) in [4.78, 5) is 0. The van der Waals surface area contributed by atoms with Crippen molar-refractivity contribution < 1.29 is 31.8 Å². The number of furan rings is 5. The van der Waals surface area contributed by atoms with E-state index >= 15 is 0 Å². The Labute approximate surface area is 542 Å². The van der Waals surface area contributed by atoms with Crippen LogP contribution in [0.4, 0.5) is 0 Å². The molecule has 0 bridgehead atoms. The minimum atomic E-state index is 0. The summed E-state index contributed by atoms with van der Waals surface area (Å²) in [5.41, 5.74) is 20.4. The zero-order valence-electron chi connectivity index (χ0n) is 46.7. The molecule has 91 heavy (non-hydrogen) atoms. The first-order valence-corrected chi connectivity index (χ1v) is 30.3. The highest BCUT2D eigenvalue weighted by atomic mass is 79.9. The molecule has 5 heterocycles. The molecule has 0 saturated heterocycles.